The van der Waals surface area contributed by atoms with Crippen molar-refractivity contribution in [3.05, 3.63) is 47.7 Å². The van der Waals surface area contributed by atoms with Crippen LogP contribution in [-0.2, 0) is 13.1 Å². The molecule has 0 amide bonds. The Morgan fingerprint density at radius 3 is 2.62 bits per heavy atom. The van der Waals surface area contributed by atoms with Crippen molar-refractivity contribution in [2.75, 3.05) is 20.3 Å². The van der Waals surface area contributed by atoms with Crippen molar-refractivity contribution in [3.8, 4) is 17.4 Å². The number of nitrogens with one attached hydrogen (secondary N) is 2. The molecule has 9 heteroatoms. The Labute approximate surface area is 169 Å². The Hall–Kier alpha value is -3.10. The molecule has 2 aromatic rings. The van der Waals surface area contributed by atoms with Gasteiger partial charge < -0.3 is 24.8 Å². The summed E-state index contributed by atoms with van der Waals surface area (Å²) in [6.07, 6.45) is 1.64. The van der Waals surface area contributed by atoms with E-state index in [9.17, 15) is 8.78 Å². The molecular weight excluding hydrogens is 382 g/mol. The number of benzene rings is 1. The molecule has 0 bridgehead atoms. The summed E-state index contributed by atoms with van der Waals surface area (Å²) in [5.41, 5.74) is 1.35. The molecule has 0 fully saturated rings. The van der Waals surface area contributed by atoms with Crippen LogP contribution in [0.5, 0.6) is 17.4 Å². The van der Waals surface area contributed by atoms with Crippen LogP contribution in [0.15, 0.2) is 41.5 Å². The van der Waals surface area contributed by atoms with E-state index in [-0.39, 0.29) is 18.0 Å². The Bertz CT molecular complexity index is 803. The molecule has 29 heavy (non-hydrogen) atoms. The third kappa shape index (κ3) is 6.78. The lowest BCUT2D eigenvalue weighted by Gasteiger charge is -2.17. The van der Waals surface area contributed by atoms with E-state index in [1.54, 1.807) is 44.5 Å². The second kappa shape index (κ2) is 11.7. The van der Waals surface area contributed by atoms with Gasteiger partial charge in [0.1, 0.15) is 0 Å². The summed E-state index contributed by atoms with van der Waals surface area (Å²) in [6, 6.07) is 8.70. The summed E-state index contributed by atoms with van der Waals surface area (Å²) in [4.78, 5) is 8.66. The van der Waals surface area contributed by atoms with Crippen LogP contribution in [0.4, 0.5) is 8.78 Å². The van der Waals surface area contributed by atoms with Gasteiger partial charge in [-0.2, -0.15) is 8.78 Å². The number of alkyl halides is 2. The average molecular weight is 408 g/mol. The highest BCUT2D eigenvalue weighted by molar-refractivity contribution is 5.79. The topological polar surface area (TPSA) is 77.0 Å². The van der Waals surface area contributed by atoms with Gasteiger partial charge in [0.2, 0.25) is 5.88 Å². The summed E-state index contributed by atoms with van der Waals surface area (Å²) in [6.45, 7) is 2.30. The number of para-hydroxylation sites is 1. The molecule has 0 spiro atoms. The molecule has 0 unspecified atom stereocenters. The van der Waals surface area contributed by atoms with Crippen LogP contribution < -0.4 is 24.8 Å². The number of hydrogen-bond donors (Lipinski definition) is 2. The van der Waals surface area contributed by atoms with Gasteiger partial charge in [0.15, 0.2) is 17.5 Å². The Balaban J connectivity index is 2.16. The van der Waals surface area contributed by atoms with Gasteiger partial charge in [0.05, 0.1) is 20.3 Å². The lowest BCUT2D eigenvalue weighted by molar-refractivity contribution is -0.0520. The number of hydrogen-bond acceptors (Lipinski definition) is 5. The van der Waals surface area contributed by atoms with Gasteiger partial charge in [-0.3, -0.25) is 0 Å². The van der Waals surface area contributed by atoms with Crippen LogP contribution in [0, 0.1) is 0 Å². The van der Waals surface area contributed by atoms with Crippen LogP contribution in [0.25, 0.3) is 0 Å². The van der Waals surface area contributed by atoms with E-state index in [0.29, 0.717) is 37.1 Å². The van der Waals surface area contributed by atoms with E-state index in [1.807, 2.05) is 13.0 Å². The molecule has 2 rings (SSSR count). The molecule has 0 aliphatic rings. The molecule has 2 N–H and O–H groups in total. The monoisotopic (exact) mass is 408 g/mol. The standard InChI is InChI=1S/C20H26F2N4O3/c1-4-23-20(26-13-15-9-7-11-24-18(15)27-3)25-12-14-8-6-10-16(28-5-2)17(14)29-19(21)22/h6-11,19H,4-5,12-13H2,1-3H3,(H2,23,25,26). The van der Waals surface area contributed by atoms with Gasteiger partial charge in [0, 0.05) is 30.4 Å². The number of rotatable bonds is 10. The van der Waals surface area contributed by atoms with Crippen molar-refractivity contribution in [1.29, 1.82) is 0 Å². The van der Waals surface area contributed by atoms with Gasteiger partial charge in [-0.25, -0.2) is 9.98 Å². The highest BCUT2D eigenvalue weighted by atomic mass is 19.3. The fourth-order valence-corrected chi connectivity index (χ4v) is 2.61. The van der Waals surface area contributed by atoms with Gasteiger partial charge >= 0.3 is 6.61 Å². The predicted octanol–water partition coefficient (Wildman–Crippen LogP) is 3.35. The van der Waals surface area contributed by atoms with Gasteiger partial charge in [-0.05, 0) is 26.0 Å². The Kier molecular flexibility index (Phi) is 8.94. The molecule has 0 aliphatic heterocycles. The maximum absolute atomic E-state index is 12.9. The SMILES string of the molecule is CCNC(=NCc1cccnc1OC)NCc1cccc(OCC)c1OC(F)F. The maximum atomic E-state index is 12.9. The number of nitrogens with zero attached hydrogens (tertiary/aromatic N) is 2. The van der Waals surface area contributed by atoms with Crippen molar-refractivity contribution in [2.24, 2.45) is 4.99 Å². The first-order chi connectivity index (χ1) is 14.1. The van der Waals surface area contributed by atoms with E-state index in [0.717, 1.165) is 5.56 Å². The van der Waals surface area contributed by atoms with Crippen LogP contribution in [0.1, 0.15) is 25.0 Å². The van der Waals surface area contributed by atoms with Gasteiger partial charge in [-0.15, -0.1) is 0 Å². The van der Waals surface area contributed by atoms with Gasteiger partial charge in [0.25, 0.3) is 0 Å². The highest BCUT2D eigenvalue weighted by Crippen LogP contribution is 2.32. The lowest BCUT2D eigenvalue weighted by Crippen LogP contribution is -2.37. The van der Waals surface area contributed by atoms with E-state index in [1.165, 1.54) is 0 Å². The number of aliphatic imine (C=N–C) groups is 1. The van der Waals surface area contributed by atoms with Crippen molar-refractivity contribution in [3.63, 3.8) is 0 Å². The molecule has 1 heterocycles. The van der Waals surface area contributed by atoms with Crippen LogP contribution in [0.3, 0.4) is 0 Å². The largest absolute Gasteiger partial charge is 0.490 e. The van der Waals surface area contributed by atoms with Crippen LogP contribution in [-0.4, -0.2) is 37.8 Å². The number of pyridine rings is 1. The second-order valence-electron chi connectivity index (χ2n) is 5.78. The van der Waals surface area contributed by atoms with Crippen molar-refractivity contribution in [2.45, 2.75) is 33.5 Å². The van der Waals surface area contributed by atoms with Crippen molar-refractivity contribution < 1.29 is 23.0 Å². The van der Waals surface area contributed by atoms with Crippen LogP contribution in [0.2, 0.25) is 0 Å². The molecule has 0 atom stereocenters. The Morgan fingerprint density at radius 2 is 1.93 bits per heavy atom. The maximum Gasteiger partial charge on any atom is 0.387 e. The minimum absolute atomic E-state index is 0.0154. The smallest absolute Gasteiger partial charge is 0.387 e. The first-order valence-electron chi connectivity index (χ1n) is 9.28. The zero-order chi connectivity index (χ0) is 21.1. The summed E-state index contributed by atoms with van der Waals surface area (Å²) in [5.74, 6) is 1.31. The number of aromatic nitrogens is 1. The molecule has 0 saturated heterocycles. The molecule has 0 radical (unpaired) electrons. The minimum Gasteiger partial charge on any atom is -0.490 e. The molecule has 7 nitrogen and oxygen atoms in total. The zero-order valence-electron chi connectivity index (χ0n) is 16.7. The normalized spacial score (nSPS) is 11.3. The summed E-state index contributed by atoms with van der Waals surface area (Å²) < 4.78 is 41.1. The van der Waals surface area contributed by atoms with Crippen molar-refractivity contribution in [1.82, 2.24) is 15.6 Å². The average Bonchev–Trinajstić information content (AvgIpc) is 2.72. The Morgan fingerprint density at radius 1 is 1.14 bits per heavy atom. The van der Waals surface area contributed by atoms with Gasteiger partial charge in [-0.1, -0.05) is 18.2 Å². The predicted molar refractivity (Wildman–Crippen MR) is 107 cm³/mol. The molecule has 0 saturated carbocycles. The number of guanidine groups is 1. The van der Waals surface area contributed by atoms with Crippen LogP contribution >= 0.6 is 0 Å². The summed E-state index contributed by atoms with van der Waals surface area (Å²) in [7, 11) is 1.55. The molecular formula is C20H26F2N4O3. The number of halogens is 2. The summed E-state index contributed by atoms with van der Waals surface area (Å²) in [5, 5.41) is 6.24. The third-order valence-corrected chi connectivity index (χ3v) is 3.81. The molecule has 0 aliphatic carbocycles. The zero-order valence-corrected chi connectivity index (χ0v) is 16.7. The molecule has 1 aromatic carbocycles. The molecule has 158 valence electrons. The molecule has 1 aromatic heterocycles. The minimum atomic E-state index is -2.95. The number of methoxy groups -OCH3 is 1. The third-order valence-electron chi connectivity index (χ3n) is 3.81. The highest BCUT2D eigenvalue weighted by Gasteiger charge is 2.16. The van der Waals surface area contributed by atoms with E-state index < -0.39 is 6.61 Å². The first kappa shape index (κ1) is 22.2. The lowest BCUT2D eigenvalue weighted by atomic mass is 10.2. The quantitative estimate of drug-likeness (QED) is 0.464. The first-order valence-corrected chi connectivity index (χ1v) is 9.28. The fourth-order valence-electron chi connectivity index (χ4n) is 2.61. The van der Waals surface area contributed by atoms with E-state index >= 15 is 0 Å². The van der Waals surface area contributed by atoms with E-state index in [4.69, 9.17) is 14.2 Å². The number of ether oxygens (including phenoxy) is 3. The van der Waals surface area contributed by atoms with E-state index in [2.05, 4.69) is 20.6 Å². The van der Waals surface area contributed by atoms with Crippen molar-refractivity contribution >= 4 is 5.96 Å². The second-order valence-corrected chi connectivity index (χ2v) is 5.78. The summed E-state index contributed by atoms with van der Waals surface area (Å²) >= 11 is 0. The fraction of sp³-hybridized carbons (Fsp3) is 0.400.